The van der Waals surface area contributed by atoms with E-state index < -0.39 is 23.9 Å². The summed E-state index contributed by atoms with van der Waals surface area (Å²) in [4.78, 5) is 62.1. The number of benzene rings is 4. The fourth-order valence-corrected chi connectivity index (χ4v) is 5.30. The van der Waals surface area contributed by atoms with E-state index >= 15 is 0 Å². The number of carbonyl (C=O) groups is 4. The van der Waals surface area contributed by atoms with Gasteiger partial charge in [0.15, 0.2) is 0 Å². The molecular formula is C50H44Cl2N6O12Zn4. The summed E-state index contributed by atoms with van der Waals surface area (Å²) in [7, 11) is 0. The number of pyridine rings is 2. The van der Waals surface area contributed by atoms with Gasteiger partial charge >= 0.3 is 77.9 Å². The zero-order valence-electron chi connectivity index (χ0n) is 41.7. The maximum atomic E-state index is 11.9. The molecule has 0 amide bonds. The van der Waals surface area contributed by atoms with Crippen LogP contribution < -0.4 is 40.9 Å². The van der Waals surface area contributed by atoms with Gasteiger partial charge in [-0.15, -0.1) is 0 Å². The third-order valence-corrected chi connectivity index (χ3v) is 8.11. The first-order valence-corrected chi connectivity index (χ1v) is 20.9. The quantitative estimate of drug-likeness (QED) is 0.156. The molecule has 74 heavy (non-hydrogen) atoms. The molecule has 0 saturated heterocycles. The summed E-state index contributed by atoms with van der Waals surface area (Å²) in [5.41, 5.74) is 5.70. The maximum Gasteiger partial charge on any atom is 2.00 e. The molecule has 0 unspecified atom stereocenters. The molecule has 0 aliphatic heterocycles. The van der Waals surface area contributed by atoms with Crippen molar-refractivity contribution in [1.82, 2.24) is 9.97 Å². The van der Waals surface area contributed by atoms with Crippen LogP contribution in [0.5, 0.6) is 23.0 Å². The van der Waals surface area contributed by atoms with Crippen molar-refractivity contribution in [2.75, 3.05) is 0 Å². The molecule has 0 fully saturated rings. The molecule has 6 aromatic rings. The summed E-state index contributed by atoms with van der Waals surface area (Å²) in [6.07, 6.45) is 0. The first-order valence-electron chi connectivity index (χ1n) is 20.1. The second-order valence-electron chi connectivity index (χ2n) is 13.7. The van der Waals surface area contributed by atoms with Crippen molar-refractivity contribution in [2.24, 2.45) is 20.0 Å². The number of rotatable bonds is 8. The van der Waals surface area contributed by atoms with Gasteiger partial charge in [0.05, 0.1) is 68.4 Å². The Labute approximate surface area is 489 Å². The molecule has 0 aliphatic rings. The number of carboxylic acid groups (broad SMARTS) is 4. The fraction of sp³-hybridized carbons (Fsp3) is 0.160. The molecule has 6 rings (SSSR count). The monoisotopic (exact) mass is 1250 g/mol. The van der Waals surface area contributed by atoms with Crippen LogP contribution in [0.15, 0.2) is 141 Å². The van der Waals surface area contributed by atoms with Gasteiger partial charge in [-0.25, -0.2) is 9.97 Å². The third kappa shape index (κ3) is 31.6. The van der Waals surface area contributed by atoms with E-state index in [0.29, 0.717) is 78.4 Å². The van der Waals surface area contributed by atoms with Crippen molar-refractivity contribution in [2.45, 2.75) is 55.4 Å². The van der Waals surface area contributed by atoms with Gasteiger partial charge in [-0.3, -0.25) is 20.0 Å². The van der Waals surface area contributed by atoms with Crippen molar-refractivity contribution < 1.29 is 138 Å². The first-order chi connectivity index (χ1) is 32.8. The fourth-order valence-electron chi connectivity index (χ4n) is 4.89. The molecule has 24 heteroatoms. The first kappa shape index (κ1) is 74.5. The number of para-hydroxylation sites is 8. The summed E-state index contributed by atoms with van der Waals surface area (Å²) in [5.74, 6) is -4.99. The van der Waals surface area contributed by atoms with Gasteiger partial charge in [-0.1, -0.05) is 119 Å². The van der Waals surface area contributed by atoms with Crippen molar-refractivity contribution in [3.63, 3.8) is 0 Å². The van der Waals surface area contributed by atoms with E-state index in [0.717, 1.165) is 27.7 Å². The van der Waals surface area contributed by atoms with Crippen molar-refractivity contribution in [3.05, 3.63) is 154 Å². The van der Waals surface area contributed by atoms with Crippen LogP contribution in [0, 0.1) is 0 Å². The molecular weight excluding hydrogens is 1210 g/mol. The Morgan fingerprint density at radius 2 is 0.500 bits per heavy atom. The normalized spacial score (nSPS) is 10.3. The maximum absolute atomic E-state index is 11.9. The van der Waals surface area contributed by atoms with Crippen LogP contribution in [0.1, 0.15) is 78.2 Å². The molecule has 0 N–H and O–H groups in total. The van der Waals surface area contributed by atoms with E-state index in [-0.39, 0.29) is 101 Å². The second-order valence-corrected chi connectivity index (χ2v) is 14.6. The van der Waals surface area contributed by atoms with E-state index in [1.54, 1.807) is 125 Å². The Balaban J connectivity index is -0.000000492. The molecule has 0 saturated carbocycles. The largest absolute Gasteiger partial charge is 2.00 e. The Kier molecular flexibility index (Phi) is 39.8. The minimum atomic E-state index is -1.08. The Morgan fingerprint density at radius 3 is 0.649 bits per heavy atom. The summed E-state index contributed by atoms with van der Waals surface area (Å²) in [5, 5.41) is 83.9. The van der Waals surface area contributed by atoms with Crippen LogP contribution in [0.3, 0.4) is 0 Å². The number of aromatic nitrogens is 2. The molecule has 18 nitrogen and oxygen atoms in total. The minimum Gasteiger partial charge on any atom is -0.871 e. The Morgan fingerprint density at radius 1 is 0.351 bits per heavy atom. The molecule has 0 aliphatic carbocycles. The van der Waals surface area contributed by atoms with Gasteiger partial charge in [0.25, 0.3) is 0 Å². The van der Waals surface area contributed by atoms with E-state index in [9.17, 15) is 20.4 Å². The molecule has 0 spiro atoms. The molecule has 368 valence electrons. The number of carboxylic acids is 4. The molecule has 2 heterocycles. The summed E-state index contributed by atoms with van der Waals surface area (Å²) in [6.45, 7) is 10.9. The number of carbonyl (C=O) groups excluding carboxylic acids is 4. The summed E-state index contributed by atoms with van der Waals surface area (Å²) in [6, 6.07) is 32.8. The Bertz CT molecular complexity index is 2500. The van der Waals surface area contributed by atoms with Gasteiger partial charge in [-0.05, 0) is 104 Å². The van der Waals surface area contributed by atoms with Crippen LogP contribution in [0.4, 0.5) is 22.7 Å². The molecule has 0 bridgehead atoms. The van der Waals surface area contributed by atoms with E-state index in [2.05, 4.69) is 29.9 Å². The number of aliphatic carboxylic acids is 4. The average molecular weight is 1250 g/mol. The smallest absolute Gasteiger partial charge is 0.871 e. The standard InChI is InChI=1S/2C21H18ClN3O2.4C2H4O2.4Zn/c2*1-13(23-16-7-3-5-9-20(16)26)18-11-15(22)12-19(25-18)14(2)24-17-8-4-6-10-21(17)27;4*1-2(3)4;;;;/h2*3-12,26-27H,1-2H3;4*1H3,(H,3,4);;;;/q;;;;;;4*+2/p-8. The van der Waals surface area contributed by atoms with E-state index in [4.69, 9.17) is 62.8 Å². The zero-order chi connectivity index (χ0) is 53.1. The number of nitrogens with zero attached hydrogens (tertiary/aromatic N) is 6. The van der Waals surface area contributed by atoms with Crippen molar-refractivity contribution >= 4 is 92.7 Å². The second kappa shape index (κ2) is 39.5. The van der Waals surface area contributed by atoms with E-state index in [1.165, 1.54) is 24.3 Å². The van der Waals surface area contributed by atoms with Gasteiger partial charge < -0.3 is 60.0 Å². The minimum absolute atomic E-state index is 0. The average Bonchev–Trinajstić information content (AvgIpc) is 3.26. The van der Waals surface area contributed by atoms with Gasteiger partial charge in [0.2, 0.25) is 0 Å². The van der Waals surface area contributed by atoms with Crippen LogP contribution >= 0.6 is 23.2 Å². The molecule has 4 aromatic carbocycles. The van der Waals surface area contributed by atoms with Gasteiger partial charge in [-0.2, -0.15) is 0 Å². The van der Waals surface area contributed by atoms with Crippen LogP contribution in [0.25, 0.3) is 0 Å². The predicted molar refractivity (Wildman–Crippen MR) is 252 cm³/mol. The van der Waals surface area contributed by atoms with Gasteiger partial charge in [0, 0.05) is 33.9 Å². The van der Waals surface area contributed by atoms with Crippen LogP contribution in [0.2, 0.25) is 10.0 Å². The van der Waals surface area contributed by atoms with Crippen LogP contribution in [-0.2, 0) is 97.1 Å². The predicted octanol–water partition coefficient (Wildman–Crippen LogP) is 3.34. The number of halogens is 2. The van der Waals surface area contributed by atoms with Crippen LogP contribution in [-0.4, -0.2) is 56.7 Å². The topological polar surface area (TPSA) is 328 Å². The SMILES string of the molecule is CC(=Nc1ccccc1[O-])c1cc(Cl)cc(C(C)=Nc2ccccc2[O-])n1.CC(=Nc1ccccc1[O-])c1cc(Cl)cc(C(C)=Nc2ccccc2[O-])n1.CC(=O)[O-].CC(=O)[O-].CC(=O)[O-].CC(=O)[O-].[Zn+2].[Zn+2].[Zn+2].[Zn+2]. The van der Waals surface area contributed by atoms with Crippen molar-refractivity contribution in [3.8, 4) is 23.0 Å². The third-order valence-electron chi connectivity index (χ3n) is 7.68. The summed E-state index contributed by atoms with van der Waals surface area (Å²) >= 11 is 12.5. The van der Waals surface area contributed by atoms with Crippen molar-refractivity contribution in [1.29, 1.82) is 0 Å². The van der Waals surface area contributed by atoms with Gasteiger partial charge in [0.1, 0.15) is 0 Å². The zero-order valence-corrected chi connectivity index (χ0v) is 55.1. The summed E-state index contributed by atoms with van der Waals surface area (Å²) < 4.78 is 0. The number of aliphatic imine (C=N–C) groups is 4. The Hall–Kier alpha value is -5.99. The number of hydrogen-bond donors (Lipinski definition) is 0. The molecule has 0 radical (unpaired) electrons. The molecule has 2 aromatic heterocycles. The molecule has 0 atom stereocenters. The van der Waals surface area contributed by atoms with E-state index in [1.807, 2.05) is 0 Å². The number of hydrogen-bond acceptors (Lipinski definition) is 18.